The molecule has 0 radical (unpaired) electrons. The third kappa shape index (κ3) is 7.59. The lowest BCUT2D eigenvalue weighted by molar-refractivity contribution is -0.129. The SMILES string of the molecule is CCN(C)C(=O)CCCCCCCI. The minimum Gasteiger partial charge on any atom is -0.346 e. The molecule has 0 heterocycles. The van der Waals surface area contributed by atoms with Crippen molar-refractivity contribution in [3.05, 3.63) is 0 Å². The van der Waals surface area contributed by atoms with Crippen LogP contribution < -0.4 is 0 Å². The van der Waals surface area contributed by atoms with Crippen LogP contribution in [0.1, 0.15) is 45.4 Å². The van der Waals surface area contributed by atoms with Crippen LogP contribution in [-0.4, -0.2) is 28.8 Å². The van der Waals surface area contributed by atoms with Crippen molar-refractivity contribution < 1.29 is 4.79 Å². The summed E-state index contributed by atoms with van der Waals surface area (Å²) >= 11 is 2.41. The molecule has 0 aromatic rings. The van der Waals surface area contributed by atoms with E-state index in [-0.39, 0.29) is 0 Å². The maximum atomic E-state index is 11.4. The average molecular weight is 311 g/mol. The highest BCUT2D eigenvalue weighted by Gasteiger charge is 2.04. The molecule has 3 heteroatoms. The van der Waals surface area contributed by atoms with Gasteiger partial charge in [-0.25, -0.2) is 0 Å². The van der Waals surface area contributed by atoms with Crippen LogP contribution in [0.5, 0.6) is 0 Å². The zero-order valence-corrected chi connectivity index (χ0v) is 11.5. The molecule has 84 valence electrons. The van der Waals surface area contributed by atoms with Crippen LogP contribution >= 0.6 is 22.6 Å². The minimum atomic E-state index is 0.293. The number of unbranched alkanes of at least 4 members (excludes halogenated alkanes) is 4. The van der Waals surface area contributed by atoms with E-state index in [1.165, 1.54) is 30.1 Å². The molecule has 0 aliphatic heterocycles. The summed E-state index contributed by atoms with van der Waals surface area (Å²) in [6, 6.07) is 0. The highest BCUT2D eigenvalue weighted by Crippen LogP contribution is 2.07. The molecule has 0 atom stereocenters. The number of hydrogen-bond acceptors (Lipinski definition) is 1. The summed E-state index contributed by atoms with van der Waals surface area (Å²) in [5.41, 5.74) is 0. The molecule has 0 saturated carbocycles. The Bertz CT molecular complexity index is 150. The Kier molecular flexibility index (Phi) is 9.88. The molecule has 2 nitrogen and oxygen atoms in total. The van der Waals surface area contributed by atoms with Gasteiger partial charge >= 0.3 is 0 Å². The van der Waals surface area contributed by atoms with Crippen LogP contribution in [0.2, 0.25) is 0 Å². The van der Waals surface area contributed by atoms with E-state index in [0.717, 1.165) is 19.4 Å². The molecule has 0 aliphatic carbocycles. The van der Waals surface area contributed by atoms with Crippen LogP contribution in [0.4, 0.5) is 0 Å². The summed E-state index contributed by atoms with van der Waals surface area (Å²) in [6.45, 7) is 2.84. The number of hydrogen-bond donors (Lipinski definition) is 0. The highest BCUT2D eigenvalue weighted by atomic mass is 127. The van der Waals surface area contributed by atoms with E-state index in [4.69, 9.17) is 0 Å². The maximum Gasteiger partial charge on any atom is 0.222 e. The number of amides is 1. The van der Waals surface area contributed by atoms with E-state index >= 15 is 0 Å². The lowest BCUT2D eigenvalue weighted by Gasteiger charge is -2.13. The second-order valence-corrected chi connectivity index (χ2v) is 4.69. The first-order valence-corrected chi connectivity index (χ1v) is 7.04. The zero-order chi connectivity index (χ0) is 10.8. The van der Waals surface area contributed by atoms with Crippen molar-refractivity contribution in [1.82, 2.24) is 4.90 Å². The van der Waals surface area contributed by atoms with Gasteiger partial charge in [0.2, 0.25) is 5.91 Å². The number of rotatable bonds is 8. The van der Waals surface area contributed by atoms with E-state index < -0.39 is 0 Å². The Labute approximate surface area is 102 Å². The van der Waals surface area contributed by atoms with Crippen LogP contribution in [0.15, 0.2) is 0 Å². The molecule has 0 N–H and O–H groups in total. The van der Waals surface area contributed by atoms with Crippen molar-refractivity contribution in [2.24, 2.45) is 0 Å². The summed E-state index contributed by atoms with van der Waals surface area (Å²) in [5, 5.41) is 0. The van der Waals surface area contributed by atoms with Crippen LogP contribution in [-0.2, 0) is 4.79 Å². The molecule has 0 aromatic heterocycles. The molecular weight excluding hydrogens is 289 g/mol. The molecular formula is C11H22INO. The zero-order valence-electron chi connectivity index (χ0n) is 9.39. The van der Waals surface area contributed by atoms with Gasteiger partial charge in [0.05, 0.1) is 0 Å². The topological polar surface area (TPSA) is 20.3 Å². The number of carbonyl (C=O) groups excluding carboxylic acids is 1. The summed E-state index contributed by atoms with van der Waals surface area (Å²) in [4.78, 5) is 13.2. The number of alkyl halides is 1. The van der Waals surface area contributed by atoms with Crippen molar-refractivity contribution in [3.8, 4) is 0 Å². The monoisotopic (exact) mass is 311 g/mol. The number of nitrogens with zero attached hydrogens (tertiary/aromatic N) is 1. The molecule has 0 spiro atoms. The first-order chi connectivity index (χ1) is 6.72. The lowest BCUT2D eigenvalue weighted by atomic mass is 10.1. The Balaban J connectivity index is 3.23. The first-order valence-electron chi connectivity index (χ1n) is 5.52. The summed E-state index contributed by atoms with van der Waals surface area (Å²) < 4.78 is 1.26. The van der Waals surface area contributed by atoms with E-state index in [1.807, 2.05) is 14.0 Å². The fourth-order valence-electron chi connectivity index (χ4n) is 1.27. The van der Waals surface area contributed by atoms with Crippen LogP contribution in [0.25, 0.3) is 0 Å². The van der Waals surface area contributed by atoms with Gasteiger partial charge in [0.15, 0.2) is 0 Å². The molecule has 0 bridgehead atoms. The van der Waals surface area contributed by atoms with Gasteiger partial charge in [-0.3, -0.25) is 4.79 Å². The smallest absolute Gasteiger partial charge is 0.222 e. The Hall–Kier alpha value is 0.200. The predicted molar refractivity (Wildman–Crippen MR) is 69.9 cm³/mol. The molecule has 14 heavy (non-hydrogen) atoms. The van der Waals surface area contributed by atoms with Crippen LogP contribution in [0, 0.1) is 0 Å². The fraction of sp³-hybridized carbons (Fsp3) is 0.909. The van der Waals surface area contributed by atoms with Gasteiger partial charge in [0.1, 0.15) is 0 Å². The quantitative estimate of drug-likeness (QED) is 0.383. The predicted octanol–water partition coefficient (Wildman–Crippen LogP) is 3.24. The van der Waals surface area contributed by atoms with E-state index in [0.29, 0.717) is 5.91 Å². The Morgan fingerprint density at radius 3 is 2.29 bits per heavy atom. The van der Waals surface area contributed by atoms with Crippen molar-refractivity contribution in [1.29, 1.82) is 0 Å². The second kappa shape index (κ2) is 9.74. The average Bonchev–Trinajstić information content (AvgIpc) is 2.21. The van der Waals surface area contributed by atoms with E-state index in [9.17, 15) is 4.79 Å². The third-order valence-corrected chi connectivity index (χ3v) is 3.19. The highest BCUT2D eigenvalue weighted by molar-refractivity contribution is 14.1. The lowest BCUT2D eigenvalue weighted by Crippen LogP contribution is -2.25. The molecule has 0 aromatic carbocycles. The van der Waals surface area contributed by atoms with Gasteiger partial charge < -0.3 is 4.90 Å². The second-order valence-electron chi connectivity index (χ2n) is 3.61. The Morgan fingerprint density at radius 1 is 1.14 bits per heavy atom. The molecule has 1 amide bonds. The fourth-order valence-corrected chi connectivity index (χ4v) is 1.81. The molecule has 0 rings (SSSR count). The van der Waals surface area contributed by atoms with Gasteiger partial charge in [0.25, 0.3) is 0 Å². The van der Waals surface area contributed by atoms with Crippen molar-refractivity contribution in [3.63, 3.8) is 0 Å². The molecule has 0 saturated heterocycles. The molecule has 0 unspecified atom stereocenters. The van der Waals surface area contributed by atoms with Crippen molar-refractivity contribution >= 4 is 28.5 Å². The molecule has 0 fully saturated rings. The standard InChI is InChI=1S/C11H22INO/c1-3-13(2)11(14)9-7-5-4-6-8-10-12/h3-10H2,1-2H3. The largest absolute Gasteiger partial charge is 0.346 e. The normalized spacial score (nSPS) is 10.2. The minimum absolute atomic E-state index is 0.293. The number of carbonyl (C=O) groups is 1. The van der Waals surface area contributed by atoms with Gasteiger partial charge in [-0.15, -0.1) is 0 Å². The van der Waals surface area contributed by atoms with Crippen molar-refractivity contribution in [2.75, 3.05) is 18.0 Å². The van der Waals surface area contributed by atoms with E-state index in [2.05, 4.69) is 22.6 Å². The van der Waals surface area contributed by atoms with E-state index in [1.54, 1.807) is 4.90 Å². The van der Waals surface area contributed by atoms with Gasteiger partial charge in [-0.2, -0.15) is 0 Å². The maximum absolute atomic E-state index is 11.4. The summed E-state index contributed by atoms with van der Waals surface area (Å²) in [7, 11) is 1.87. The van der Waals surface area contributed by atoms with Gasteiger partial charge in [0, 0.05) is 20.0 Å². The summed E-state index contributed by atoms with van der Waals surface area (Å²) in [6.07, 6.45) is 6.93. The van der Waals surface area contributed by atoms with Gasteiger partial charge in [-0.1, -0.05) is 41.9 Å². The number of halogens is 1. The summed E-state index contributed by atoms with van der Waals surface area (Å²) in [5.74, 6) is 0.293. The van der Waals surface area contributed by atoms with Crippen molar-refractivity contribution in [2.45, 2.75) is 45.4 Å². The third-order valence-electron chi connectivity index (χ3n) is 2.42. The van der Waals surface area contributed by atoms with Gasteiger partial charge in [-0.05, 0) is 24.2 Å². The Morgan fingerprint density at radius 2 is 1.71 bits per heavy atom. The molecule has 0 aliphatic rings. The van der Waals surface area contributed by atoms with Crippen LogP contribution in [0.3, 0.4) is 0 Å². The first kappa shape index (κ1) is 14.2.